The van der Waals surface area contributed by atoms with Gasteiger partial charge in [-0.15, -0.1) is 17.5 Å². The minimum atomic E-state index is 0. The predicted molar refractivity (Wildman–Crippen MR) is 44.5 cm³/mol. The van der Waals surface area contributed by atoms with Crippen LogP contribution in [0.3, 0.4) is 0 Å². The summed E-state index contributed by atoms with van der Waals surface area (Å²) in [6.07, 6.45) is 7.18. The number of hydrogen-bond acceptors (Lipinski definition) is 4. The standard InChI is InChI=1S/C6H6N4.ClH/c1-2-7-4-6-9-8-5-10(6)3-1;/h1-4H,5H2;1H. The second-order valence-electron chi connectivity index (χ2n) is 1.98. The van der Waals surface area contributed by atoms with Crippen molar-refractivity contribution in [3.8, 4) is 0 Å². The molecule has 0 saturated heterocycles. The van der Waals surface area contributed by atoms with Gasteiger partial charge in [-0.25, -0.2) is 0 Å². The molecule has 0 aromatic heterocycles. The molecule has 0 atom stereocenters. The molecule has 0 radical (unpaired) electrons. The van der Waals surface area contributed by atoms with E-state index in [4.69, 9.17) is 0 Å². The van der Waals surface area contributed by atoms with Gasteiger partial charge in [-0.3, -0.25) is 4.99 Å². The number of aliphatic imine (C=N–C) groups is 1. The molecule has 0 aromatic carbocycles. The topological polar surface area (TPSA) is 40.3 Å². The van der Waals surface area contributed by atoms with Gasteiger partial charge in [0, 0.05) is 12.4 Å². The zero-order valence-corrected chi connectivity index (χ0v) is 6.53. The molecule has 0 bridgehead atoms. The van der Waals surface area contributed by atoms with Gasteiger partial charge in [0.05, 0.1) is 6.20 Å². The molecule has 2 aliphatic heterocycles. The Morgan fingerprint density at radius 3 is 3.27 bits per heavy atom. The summed E-state index contributed by atoms with van der Waals surface area (Å²) in [6, 6.07) is 0. The number of halogens is 1. The van der Waals surface area contributed by atoms with Crippen LogP contribution in [0.2, 0.25) is 0 Å². The third kappa shape index (κ3) is 1.46. The Labute approximate surface area is 70.4 Å². The summed E-state index contributed by atoms with van der Waals surface area (Å²) in [5.74, 6) is 0.810. The van der Waals surface area contributed by atoms with E-state index in [1.807, 2.05) is 17.2 Å². The van der Waals surface area contributed by atoms with Gasteiger partial charge in [0.15, 0.2) is 5.82 Å². The van der Waals surface area contributed by atoms with Crippen LogP contribution < -0.4 is 0 Å². The fourth-order valence-electron chi connectivity index (χ4n) is 0.827. The number of nitrogens with zero attached hydrogens (tertiary/aromatic N) is 4. The van der Waals surface area contributed by atoms with Crippen molar-refractivity contribution in [3.63, 3.8) is 0 Å². The molecule has 0 spiro atoms. The summed E-state index contributed by atoms with van der Waals surface area (Å²) in [4.78, 5) is 5.87. The molecule has 11 heavy (non-hydrogen) atoms. The average Bonchev–Trinajstić information content (AvgIpc) is 2.28. The third-order valence-electron chi connectivity index (χ3n) is 1.31. The van der Waals surface area contributed by atoms with Crippen molar-refractivity contribution in [1.82, 2.24) is 4.90 Å². The first-order valence-electron chi connectivity index (χ1n) is 3.01. The highest BCUT2D eigenvalue weighted by Gasteiger charge is 2.10. The first-order valence-corrected chi connectivity index (χ1v) is 3.01. The van der Waals surface area contributed by atoms with Crippen LogP contribution in [0.15, 0.2) is 39.5 Å². The SMILES string of the molecule is C1=CN2CN=NC2=CN=C1.Cl. The van der Waals surface area contributed by atoms with Crippen LogP contribution in [0.5, 0.6) is 0 Å². The van der Waals surface area contributed by atoms with E-state index in [0.29, 0.717) is 6.67 Å². The van der Waals surface area contributed by atoms with Crippen LogP contribution in [0.25, 0.3) is 0 Å². The maximum absolute atomic E-state index is 3.94. The Kier molecular flexibility index (Phi) is 2.38. The number of fused-ring (bicyclic) bond motifs is 1. The number of azo groups is 1. The van der Waals surface area contributed by atoms with Crippen LogP contribution in [0.1, 0.15) is 0 Å². The lowest BCUT2D eigenvalue weighted by Crippen LogP contribution is -2.08. The molecular formula is C6H7ClN4. The van der Waals surface area contributed by atoms with Crippen LogP contribution in [0, 0.1) is 0 Å². The summed E-state index contributed by atoms with van der Waals surface area (Å²) in [5, 5.41) is 7.69. The van der Waals surface area contributed by atoms with E-state index in [1.54, 1.807) is 12.4 Å². The van der Waals surface area contributed by atoms with Crippen molar-refractivity contribution in [1.29, 1.82) is 0 Å². The molecule has 0 unspecified atom stereocenters. The van der Waals surface area contributed by atoms with Gasteiger partial charge in [-0.2, -0.15) is 5.11 Å². The molecule has 0 fully saturated rings. The Morgan fingerprint density at radius 2 is 2.36 bits per heavy atom. The molecule has 4 nitrogen and oxygen atoms in total. The lowest BCUT2D eigenvalue weighted by atomic mass is 10.6. The number of rotatable bonds is 0. The largest absolute Gasteiger partial charge is 0.308 e. The van der Waals surface area contributed by atoms with E-state index in [2.05, 4.69) is 15.2 Å². The fraction of sp³-hybridized carbons (Fsp3) is 0.167. The average molecular weight is 171 g/mol. The molecule has 0 amide bonds. The highest BCUT2D eigenvalue weighted by Crippen LogP contribution is 2.15. The molecule has 0 saturated carbocycles. The molecule has 0 aliphatic carbocycles. The van der Waals surface area contributed by atoms with E-state index < -0.39 is 0 Å². The molecule has 2 aliphatic rings. The second-order valence-corrected chi connectivity index (χ2v) is 1.98. The summed E-state index contributed by atoms with van der Waals surface area (Å²) < 4.78 is 0. The maximum Gasteiger partial charge on any atom is 0.174 e. The molecular weight excluding hydrogens is 164 g/mol. The first kappa shape index (κ1) is 7.94. The lowest BCUT2D eigenvalue weighted by Gasteiger charge is -2.06. The van der Waals surface area contributed by atoms with Gasteiger partial charge in [-0.05, 0) is 6.08 Å². The highest BCUT2D eigenvalue weighted by atomic mass is 35.5. The molecule has 5 heteroatoms. The smallest absolute Gasteiger partial charge is 0.174 e. The molecule has 0 N–H and O–H groups in total. The molecule has 0 aromatic rings. The normalized spacial score (nSPS) is 18.9. The third-order valence-corrected chi connectivity index (χ3v) is 1.31. The monoisotopic (exact) mass is 170 g/mol. The first-order chi connectivity index (χ1) is 4.97. The summed E-state index contributed by atoms with van der Waals surface area (Å²) in [7, 11) is 0. The zero-order chi connectivity index (χ0) is 6.81. The number of allylic oxidation sites excluding steroid dienone is 1. The fourth-order valence-corrected chi connectivity index (χ4v) is 0.827. The summed E-state index contributed by atoms with van der Waals surface area (Å²) >= 11 is 0. The van der Waals surface area contributed by atoms with Crippen molar-refractivity contribution >= 4 is 18.6 Å². The van der Waals surface area contributed by atoms with Crippen LogP contribution >= 0.6 is 12.4 Å². The second kappa shape index (κ2) is 3.30. The molecule has 2 rings (SSSR count). The van der Waals surface area contributed by atoms with Crippen molar-refractivity contribution in [2.45, 2.75) is 0 Å². The predicted octanol–water partition coefficient (Wildman–Crippen LogP) is 1.53. The van der Waals surface area contributed by atoms with Gasteiger partial charge in [0.2, 0.25) is 0 Å². The van der Waals surface area contributed by atoms with Gasteiger partial charge in [-0.1, -0.05) is 0 Å². The van der Waals surface area contributed by atoms with Crippen LogP contribution in [0.4, 0.5) is 0 Å². The van der Waals surface area contributed by atoms with Crippen molar-refractivity contribution in [2.24, 2.45) is 15.2 Å². The summed E-state index contributed by atoms with van der Waals surface area (Å²) in [5.41, 5.74) is 0. The Bertz CT molecular complexity index is 253. The molecule has 2 heterocycles. The van der Waals surface area contributed by atoms with Gasteiger partial charge in [0.1, 0.15) is 6.67 Å². The van der Waals surface area contributed by atoms with Gasteiger partial charge in [0.25, 0.3) is 0 Å². The minimum Gasteiger partial charge on any atom is -0.308 e. The van der Waals surface area contributed by atoms with E-state index >= 15 is 0 Å². The highest BCUT2D eigenvalue weighted by molar-refractivity contribution is 5.85. The van der Waals surface area contributed by atoms with Gasteiger partial charge >= 0.3 is 0 Å². The maximum atomic E-state index is 3.94. The van der Waals surface area contributed by atoms with Gasteiger partial charge < -0.3 is 4.90 Å². The Morgan fingerprint density at radius 1 is 1.45 bits per heavy atom. The van der Waals surface area contributed by atoms with E-state index in [1.165, 1.54) is 0 Å². The van der Waals surface area contributed by atoms with Crippen molar-refractivity contribution in [2.75, 3.05) is 6.67 Å². The van der Waals surface area contributed by atoms with Crippen molar-refractivity contribution < 1.29 is 0 Å². The lowest BCUT2D eigenvalue weighted by molar-refractivity contribution is 0.524. The van der Waals surface area contributed by atoms with E-state index in [-0.39, 0.29) is 12.4 Å². The Balaban J connectivity index is 0.000000605. The number of hydrogen-bond donors (Lipinski definition) is 0. The van der Waals surface area contributed by atoms with Crippen LogP contribution in [-0.4, -0.2) is 17.8 Å². The summed E-state index contributed by atoms with van der Waals surface area (Å²) in [6.45, 7) is 0.617. The van der Waals surface area contributed by atoms with E-state index in [9.17, 15) is 0 Å². The zero-order valence-electron chi connectivity index (χ0n) is 5.71. The minimum absolute atomic E-state index is 0. The Hall–Kier alpha value is -1.16. The van der Waals surface area contributed by atoms with E-state index in [0.717, 1.165) is 5.82 Å². The van der Waals surface area contributed by atoms with Crippen molar-refractivity contribution in [3.05, 3.63) is 24.3 Å². The van der Waals surface area contributed by atoms with Crippen LogP contribution in [-0.2, 0) is 0 Å². The quantitative estimate of drug-likeness (QED) is 0.544. The molecule has 58 valence electrons.